The molecule has 0 bridgehead atoms. The van der Waals surface area contributed by atoms with Crippen molar-refractivity contribution in [3.8, 4) is 5.75 Å². The highest BCUT2D eigenvalue weighted by Crippen LogP contribution is 2.55. The number of allylic oxidation sites excluding steroid dienone is 1. The van der Waals surface area contributed by atoms with E-state index in [1.165, 1.54) is 0 Å². The molecule has 0 heterocycles. The summed E-state index contributed by atoms with van der Waals surface area (Å²) < 4.78 is 150. The summed E-state index contributed by atoms with van der Waals surface area (Å²) in [5, 5.41) is 2.17. The predicted octanol–water partition coefficient (Wildman–Crippen LogP) is 6.99. The molecule has 0 aliphatic rings. The molecular weight excluding hydrogens is 475 g/mol. The number of carbonyl (C=O) groups excluding carboxylic acids is 1. The van der Waals surface area contributed by atoms with Crippen molar-refractivity contribution in [2.45, 2.75) is 43.7 Å². The molecule has 0 radical (unpaired) electrons. The second-order valence-electron chi connectivity index (χ2n) is 6.05. The van der Waals surface area contributed by atoms with Crippen LogP contribution in [-0.4, -0.2) is 36.6 Å². The highest BCUT2D eigenvalue weighted by molar-refractivity contribution is 5.84. The van der Waals surface area contributed by atoms with Crippen molar-refractivity contribution in [3.05, 3.63) is 36.1 Å². The van der Waals surface area contributed by atoms with E-state index in [1.807, 2.05) is 6.92 Å². The van der Waals surface area contributed by atoms with Crippen molar-refractivity contribution in [1.82, 2.24) is 0 Å². The van der Waals surface area contributed by atoms with Crippen LogP contribution in [0.1, 0.15) is 19.8 Å². The lowest BCUT2D eigenvalue weighted by Gasteiger charge is -2.32. The van der Waals surface area contributed by atoms with Crippen LogP contribution in [0.15, 0.2) is 36.1 Å². The first kappa shape index (κ1) is 27.3. The maximum absolute atomic E-state index is 13.5. The van der Waals surface area contributed by atoms with Gasteiger partial charge < -0.3 is 9.47 Å². The molecular formula is C17H14F11NO3. The smallest absolute Gasteiger partial charge is 0.449 e. The zero-order valence-corrected chi connectivity index (χ0v) is 15.8. The van der Waals surface area contributed by atoms with E-state index in [0.717, 1.165) is 18.6 Å². The molecule has 0 aliphatic carbocycles. The van der Waals surface area contributed by atoms with Gasteiger partial charge in [-0.05, 0) is 30.7 Å². The maximum atomic E-state index is 13.5. The summed E-state index contributed by atoms with van der Waals surface area (Å²) in [7, 11) is 0. The second-order valence-corrected chi connectivity index (χ2v) is 6.05. The molecule has 1 amide bonds. The molecule has 0 aromatic heterocycles. The normalized spacial score (nSPS) is 14.0. The molecule has 0 fully saturated rings. The summed E-state index contributed by atoms with van der Waals surface area (Å²) in [4.78, 5) is 11.4. The molecule has 15 heteroatoms. The van der Waals surface area contributed by atoms with Crippen LogP contribution in [0.3, 0.4) is 0 Å². The van der Waals surface area contributed by atoms with Crippen LogP contribution >= 0.6 is 0 Å². The summed E-state index contributed by atoms with van der Waals surface area (Å²) in [5.74, 6) is -26.6. The van der Waals surface area contributed by atoms with E-state index >= 15 is 0 Å². The number of benzene rings is 1. The molecule has 0 spiro atoms. The average Bonchev–Trinajstić information content (AvgIpc) is 2.67. The Balaban J connectivity index is 3.00. The zero-order chi connectivity index (χ0) is 25.0. The standard InChI is InChI=1S/C17H14F11NO3/c1-2-3-8-31-13(30)29-9-4-6-10(7-5-9)32-12(19)11(18)14(20,21)15(22,23)16(24,25)17(26,27)28/h4-7H,2-3,8H2,1H3,(H,29,30). The van der Waals surface area contributed by atoms with Gasteiger partial charge in [-0.25, -0.2) is 4.79 Å². The third kappa shape index (κ3) is 5.73. The Morgan fingerprint density at radius 3 is 1.91 bits per heavy atom. The van der Waals surface area contributed by atoms with Crippen LogP contribution < -0.4 is 10.1 Å². The molecule has 1 aromatic carbocycles. The summed E-state index contributed by atoms with van der Waals surface area (Å²) in [6.45, 7) is 1.92. The molecule has 32 heavy (non-hydrogen) atoms. The first-order valence-corrected chi connectivity index (χ1v) is 8.46. The topological polar surface area (TPSA) is 47.6 Å². The van der Waals surface area contributed by atoms with E-state index in [2.05, 4.69) is 10.1 Å². The monoisotopic (exact) mass is 489 g/mol. The zero-order valence-electron chi connectivity index (χ0n) is 15.8. The lowest BCUT2D eigenvalue weighted by molar-refractivity contribution is -0.392. The summed E-state index contributed by atoms with van der Waals surface area (Å²) in [5.41, 5.74) is -0.0228. The third-order valence-corrected chi connectivity index (χ3v) is 3.63. The number of ether oxygens (including phenoxy) is 2. The molecule has 1 aromatic rings. The minimum atomic E-state index is -7.40. The van der Waals surface area contributed by atoms with Gasteiger partial charge in [-0.2, -0.15) is 48.3 Å². The molecule has 1 N–H and O–H groups in total. The number of hydrogen-bond acceptors (Lipinski definition) is 3. The Labute approximate surface area is 173 Å². The fourth-order valence-electron chi connectivity index (χ4n) is 1.85. The number of carbonyl (C=O) groups is 1. The number of amides is 1. The van der Waals surface area contributed by atoms with Gasteiger partial charge in [0.2, 0.25) is 5.83 Å². The quantitative estimate of drug-likeness (QED) is 0.231. The fraction of sp³-hybridized carbons (Fsp3) is 0.471. The van der Waals surface area contributed by atoms with Gasteiger partial charge in [0.15, 0.2) is 0 Å². The number of hydrogen-bond donors (Lipinski definition) is 1. The molecule has 182 valence electrons. The van der Waals surface area contributed by atoms with E-state index in [4.69, 9.17) is 4.74 Å². The number of nitrogens with one attached hydrogen (secondary N) is 1. The van der Waals surface area contributed by atoms with Crippen molar-refractivity contribution in [2.24, 2.45) is 0 Å². The van der Waals surface area contributed by atoms with Crippen LogP contribution in [0.2, 0.25) is 0 Å². The van der Waals surface area contributed by atoms with Crippen LogP contribution in [0.25, 0.3) is 0 Å². The van der Waals surface area contributed by atoms with Gasteiger partial charge in [-0.15, -0.1) is 0 Å². The Morgan fingerprint density at radius 1 is 0.906 bits per heavy atom. The summed E-state index contributed by atoms with van der Waals surface area (Å²) in [6, 6.07) is 0.0926. The lowest BCUT2D eigenvalue weighted by atomic mass is 10.0. The Kier molecular flexibility index (Phi) is 8.37. The molecule has 0 aliphatic heterocycles. The van der Waals surface area contributed by atoms with Gasteiger partial charge in [0.1, 0.15) is 5.75 Å². The predicted molar refractivity (Wildman–Crippen MR) is 87.1 cm³/mol. The minimum Gasteiger partial charge on any atom is -0.449 e. The highest BCUT2D eigenvalue weighted by Gasteiger charge is 2.83. The van der Waals surface area contributed by atoms with Gasteiger partial charge >= 0.3 is 36.1 Å². The Morgan fingerprint density at radius 2 is 1.44 bits per heavy atom. The molecule has 0 atom stereocenters. The number of unbranched alkanes of at least 4 members (excludes halogenated alkanes) is 1. The van der Waals surface area contributed by atoms with Gasteiger partial charge in [0.25, 0.3) is 0 Å². The average molecular weight is 489 g/mol. The summed E-state index contributed by atoms with van der Waals surface area (Å²) >= 11 is 0. The Hall–Kier alpha value is -2.74. The minimum absolute atomic E-state index is 0.0228. The first-order valence-electron chi connectivity index (χ1n) is 8.46. The molecule has 1 rings (SSSR count). The van der Waals surface area contributed by atoms with Crippen molar-refractivity contribution < 1.29 is 62.6 Å². The van der Waals surface area contributed by atoms with E-state index in [-0.39, 0.29) is 12.3 Å². The summed E-state index contributed by atoms with van der Waals surface area (Å²) in [6.07, 6.45) is -6.81. The fourth-order valence-corrected chi connectivity index (χ4v) is 1.85. The van der Waals surface area contributed by atoms with Crippen molar-refractivity contribution in [3.63, 3.8) is 0 Å². The van der Waals surface area contributed by atoms with Gasteiger partial charge in [-0.1, -0.05) is 13.3 Å². The maximum Gasteiger partial charge on any atom is 0.460 e. The first-order chi connectivity index (χ1) is 14.5. The molecule has 4 nitrogen and oxygen atoms in total. The van der Waals surface area contributed by atoms with Gasteiger partial charge in [-0.3, -0.25) is 5.32 Å². The number of rotatable bonds is 9. The molecule has 0 unspecified atom stereocenters. The van der Waals surface area contributed by atoms with Crippen molar-refractivity contribution in [1.29, 1.82) is 0 Å². The van der Waals surface area contributed by atoms with E-state index in [1.54, 1.807) is 0 Å². The van der Waals surface area contributed by atoms with Crippen LogP contribution in [0.4, 0.5) is 58.8 Å². The highest BCUT2D eigenvalue weighted by atomic mass is 19.4. The third-order valence-electron chi connectivity index (χ3n) is 3.63. The van der Waals surface area contributed by atoms with Crippen LogP contribution in [-0.2, 0) is 4.74 Å². The number of alkyl halides is 9. The van der Waals surface area contributed by atoms with Gasteiger partial charge in [0, 0.05) is 5.69 Å². The number of anilines is 1. The molecule has 0 saturated carbocycles. The van der Waals surface area contributed by atoms with Crippen molar-refractivity contribution >= 4 is 11.8 Å². The SMILES string of the molecule is CCCCOC(=O)Nc1ccc(OC(F)=C(F)C(F)(F)C(F)(F)C(F)(F)C(F)(F)F)cc1. The van der Waals surface area contributed by atoms with E-state index < -0.39 is 47.6 Å². The van der Waals surface area contributed by atoms with E-state index in [9.17, 15) is 53.1 Å². The molecule has 0 saturated heterocycles. The van der Waals surface area contributed by atoms with Crippen LogP contribution in [0, 0.1) is 0 Å². The van der Waals surface area contributed by atoms with Crippen LogP contribution in [0.5, 0.6) is 5.75 Å². The number of halogens is 11. The van der Waals surface area contributed by atoms with E-state index in [0.29, 0.717) is 18.6 Å². The second kappa shape index (κ2) is 9.81. The van der Waals surface area contributed by atoms with Gasteiger partial charge in [0.05, 0.1) is 6.61 Å². The Bertz CT molecular complexity index is 820. The lowest BCUT2D eigenvalue weighted by Crippen LogP contribution is -2.61. The largest absolute Gasteiger partial charge is 0.460 e. The van der Waals surface area contributed by atoms with Crippen molar-refractivity contribution in [2.75, 3.05) is 11.9 Å².